The smallest absolute Gasteiger partial charge is 0.321 e. The molecule has 0 aliphatic heterocycles. The fraction of sp³-hybridized carbons (Fsp3) is 0.222. The van der Waals surface area contributed by atoms with Crippen molar-refractivity contribution in [2.24, 2.45) is 0 Å². The zero-order chi connectivity index (χ0) is 17.1. The Bertz CT molecular complexity index is 869. The van der Waals surface area contributed by atoms with Crippen molar-refractivity contribution in [1.29, 1.82) is 0 Å². The predicted octanol–water partition coefficient (Wildman–Crippen LogP) is 4.48. The highest BCUT2D eigenvalue weighted by Gasteiger charge is 2.14. The number of fused-ring (bicyclic) bond motifs is 1. The molecule has 0 atom stereocenters. The van der Waals surface area contributed by atoms with E-state index in [1.54, 1.807) is 11.9 Å². The van der Waals surface area contributed by atoms with E-state index in [1.165, 1.54) is 0 Å². The van der Waals surface area contributed by atoms with Crippen LogP contribution in [0.15, 0.2) is 53.1 Å². The summed E-state index contributed by atoms with van der Waals surface area (Å²) in [7, 11) is 1.76. The first-order valence-corrected chi connectivity index (χ1v) is 8.59. The Hall–Kier alpha value is -2.34. The SMILES string of the molecule is CCn1cc(Br)c(CN(C)C(=O)Nc2cccc3ccccc23)n1. The van der Waals surface area contributed by atoms with E-state index in [9.17, 15) is 4.79 Å². The summed E-state index contributed by atoms with van der Waals surface area (Å²) in [5, 5.41) is 9.56. The molecule has 124 valence electrons. The lowest BCUT2D eigenvalue weighted by Gasteiger charge is -2.18. The number of rotatable bonds is 4. The Balaban J connectivity index is 1.75. The fourth-order valence-corrected chi connectivity index (χ4v) is 2.99. The molecule has 0 radical (unpaired) electrons. The van der Waals surface area contributed by atoms with Crippen LogP contribution in [0.25, 0.3) is 10.8 Å². The van der Waals surface area contributed by atoms with Gasteiger partial charge >= 0.3 is 6.03 Å². The van der Waals surface area contributed by atoms with Crippen molar-refractivity contribution < 1.29 is 4.79 Å². The van der Waals surface area contributed by atoms with Gasteiger partial charge in [0.1, 0.15) is 0 Å². The molecule has 2 aromatic carbocycles. The van der Waals surface area contributed by atoms with E-state index in [4.69, 9.17) is 0 Å². The molecule has 1 aromatic heterocycles. The zero-order valence-electron chi connectivity index (χ0n) is 13.7. The number of urea groups is 1. The maximum Gasteiger partial charge on any atom is 0.321 e. The quantitative estimate of drug-likeness (QED) is 0.718. The van der Waals surface area contributed by atoms with Crippen molar-refractivity contribution in [3.63, 3.8) is 0 Å². The number of carbonyl (C=O) groups excluding carboxylic acids is 1. The van der Waals surface area contributed by atoms with Crippen molar-refractivity contribution in [2.45, 2.75) is 20.0 Å². The van der Waals surface area contributed by atoms with Crippen LogP contribution in [0.3, 0.4) is 0 Å². The molecular weight excluding hydrogens is 368 g/mol. The molecule has 0 fully saturated rings. The van der Waals surface area contributed by atoms with Gasteiger partial charge in [0.25, 0.3) is 0 Å². The summed E-state index contributed by atoms with van der Waals surface area (Å²) in [6, 6.07) is 13.7. The van der Waals surface area contributed by atoms with E-state index in [2.05, 4.69) is 26.3 Å². The van der Waals surface area contributed by atoms with Crippen LogP contribution in [-0.2, 0) is 13.1 Å². The Kier molecular flexibility index (Phi) is 4.85. The van der Waals surface area contributed by atoms with Crippen molar-refractivity contribution in [3.8, 4) is 0 Å². The van der Waals surface area contributed by atoms with Gasteiger partial charge in [-0.2, -0.15) is 5.10 Å². The lowest BCUT2D eigenvalue weighted by molar-refractivity contribution is 0.220. The van der Waals surface area contributed by atoms with Gasteiger partial charge in [-0.25, -0.2) is 4.79 Å². The number of anilines is 1. The number of hydrogen-bond acceptors (Lipinski definition) is 2. The average Bonchev–Trinajstić information content (AvgIpc) is 2.95. The van der Waals surface area contributed by atoms with Crippen LogP contribution < -0.4 is 5.32 Å². The first-order chi connectivity index (χ1) is 11.6. The first kappa shape index (κ1) is 16.5. The maximum atomic E-state index is 12.5. The van der Waals surface area contributed by atoms with Crippen LogP contribution in [0.4, 0.5) is 10.5 Å². The van der Waals surface area contributed by atoms with Gasteiger partial charge in [0.2, 0.25) is 0 Å². The minimum absolute atomic E-state index is 0.163. The average molecular weight is 387 g/mol. The van der Waals surface area contributed by atoms with E-state index >= 15 is 0 Å². The second-order valence-corrected chi connectivity index (χ2v) is 6.45. The molecule has 3 rings (SSSR count). The summed E-state index contributed by atoms with van der Waals surface area (Å²) in [4.78, 5) is 14.1. The highest BCUT2D eigenvalue weighted by Crippen LogP contribution is 2.23. The Morgan fingerprint density at radius 1 is 1.25 bits per heavy atom. The van der Waals surface area contributed by atoms with E-state index in [1.807, 2.05) is 60.3 Å². The minimum Gasteiger partial charge on any atom is -0.322 e. The largest absolute Gasteiger partial charge is 0.322 e. The predicted molar refractivity (Wildman–Crippen MR) is 100 cm³/mol. The number of hydrogen-bond donors (Lipinski definition) is 1. The third kappa shape index (κ3) is 3.43. The molecule has 5 nitrogen and oxygen atoms in total. The Morgan fingerprint density at radius 2 is 2.00 bits per heavy atom. The number of halogens is 1. The molecule has 0 aliphatic rings. The number of benzene rings is 2. The highest BCUT2D eigenvalue weighted by molar-refractivity contribution is 9.10. The van der Waals surface area contributed by atoms with Crippen molar-refractivity contribution in [2.75, 3.05) is 12.4 Å². The minimum atomic E-state index is -0.163. The molecule has 1 N–H and O–H groups in total. The molecular formula is C18H19BrN4O. The number of nitrogens with one attached hydrogen (secondary N) is 1. The number of amides is 2. The van der Waals surface area contributed by atoms with Gasteiger partial charge in [0, 0.05) is 25.2 Å². The van der Waals surface area contributed by atoms with Crippen LogP contribution in [0.2, 0.25) is 0 Å². The molecule has 24 heavy (non-hydrogen) atoms. The van der Waals surface area contributed by atoms with Gasteiger partial charge in [-0.15, -0.1) is 0 Å². The Labute approximate surface area is 149 Å². The molecule has 3 aromatic rings. The summed E-state index contributed by atoms with van der Waals surface area (Å²) >= 11 is 3.49. The summed E-state index contributed by atoms with van der Waals surface area (Å²) in [6.07, 6.45) is 1.92. The van der Waals surface area contributed by atoms with E-state index < -0.39 is 0 Å². The van der Waals surface area contributed by atoms with Crippen LogP contribution in [0, 0.1) is 0 Å². The van der Waals surface area contributed by atoms with E-state index in [-0.39, 0.29) is 6.03 Å². The molecule has 0 bridgehead atoms. The summed E-state index contributed by atoms with van der Waals surface area (Å²) < 4.78 is 2.75. The molecule has 0 saturated carbocycles. The summed E-state index contributed by atoms with van der Waals surface area (Å²) in [5.74, 6) is 0. The highest BCUT2D eigenvalue weighted by atomic mass is 79.9. The third-order valence-electron chi connectivity index (χ3n) is 3.88. The molecule has 0 unspecified atom stereocenters. The fourth-order valence-electron chi connectivity index (χ4n) is 2.55. The standard InChI is InChI=1S/C18H19BrN4O/c1-3-23-11-15(19)17(21-23)12-22(2)18(24)20-16-10-6-8-13-7-4-5-9-14(13)16/h4-11H,3,12H2,1-2H3,(H,20,24). The number of nitrogens with zero attached hydrogens (tertiary/aromatic N) is 3. The van der Waals surface area contributed by atoms with Gasteiger partial charge in [-0.3, -0.25) is 4.68 Å². The molecule has 0 spiro atoms. The number of aryl methyl sites for hydroxylation is 1. The second-order valence-electron chi connectivity index (χ2n) is 5.59. The lowest BCUT2D eigenvalue weighted by atomic mass is 10.1. The van der Waals surface area contributed by atoms with Crippen LogP contribution in [0.1, 0.15) is 12.6 Å². The van der Waals surface area contributed by atoms with Crippen LogP contribution in [-0.4, -0.2) is 27.8 Å². The third-order valence-corrected chi connectivity index (χ3v) is 4.54. The van der Waals surface area contributed by atoms with Crippen molar-refractivity contribution in [3.05, 3.63) is 58.8 Å². The van der Waals surface area contributed by atoms with Gasteiger partial charge in [-0.1, -0.05) is 36.4 Å². The van der Waals surface area contributed by atoms with Crippen LogP contribution in [0.5, 0.6) is 0 Å². The first-order valence-electron chi connectivity index (χ1n) is 7.80. The van der Waals surface area contributed by atoms with Crippen LogP contribution >= 0.6 is 15.9 Å². The molecule has 1 heterocycles. The zero-order valence-corrected chi connectivity index (χ0v) is 15.2. The van der Waals surface area contributed by atoms with E-state index in [0.29, 0.717) is 6.54 Å². The van der Waals surface area contributed by atoms with Gasteiger partial charge in [0.15, 0.2) is 0 Å². The number of carbonyl (C=O) groups is 1. The normalized spacial score (nSPS) is 10.8. The molecule has 6 heteroatoms. The summed E-state index contributed by atoms with van der Waals surface area (Å²) in [5.41, 5.74) is 1.65. The van der Waals surface area contributed by atoms with E-state index in [0.717, 1.165) is 33.2 Å². The maximum absolute atomic E-state index is 12.5. The molecule has 0 aliphatic carbocycles. The van der Waals surface area contributed by atoms with Gasteiger partial charge in [0.05, 0.1) is 22.4 Å². The second kappa shape index (κ2) is 7.05. The van der Waals surface area contributed by atoms with Gasteiger partial charge < -0.3 is 10.2 Å². The summed E-state index contributed by atoms with van der Waals surface area (Å²) in [6.45, 7) is 3.26. The lowest BCUT2D eigenvalue weighted by Crippen LogP contribution is -2.31. The Morgan fingerprint density at radius 3 is 2.75 bits per heavy atom. The van der Waals surface area contributed by atoms with Gasteiger partial charge in [-0.05, 0) is 34.3 Å². The monoisotopic (exact) mass is 386 g/mol. The topological polar surface area (TPSA) is 50.2 Å². The number of aromatic nitrogens is 2. The van der Waals surface area contributed by atoms with Crippen molar-refractivity contribution >= 4 is 38.4 Å². The molecule has 0 saturated heterocycles. The van der Waals surface area contributed by atoms with Crippen molar-refractivity contribution in [1.82, 2.24) is 14.7 Å². The molecule has 2 amide bonds.